The number of rotatable bonds is 6. The second-order valence-electron chi connectivity index (χ2n) is 8.01. The molecular formula is C22H22F3N5O2. The first-order valence-corrected chi connectivity index (χ1v) is 10.3. The van der Waals surface area contributed by atoms with E-state index in [1.54, 1.807) is 10.7 Å². The van der Waals surface area contributed by atoms with Crippen molar-refractivity contribution < 1.29 is 18.3 Å². The van der Waals surface area contributed by atoms with E-state index in [1.807, 2.05) is 0 Å². The number of anilines is 2. The van der Waals surface area contributed by atoms with Crippen LogP contribution in [0, 0.1) is 17.2 Å². The largest absolute Gasteiger partial charge is 0.377 e. The van der Waals surface area contributed by atoms with E-state index in [4.69, 9.17) is 0 Å². The molecule has 1 aliphatic carbocycles. The summed E-state index contributed by atoms with van der Waals surface area (Å²) in [5, 5.41) is 27.4. The Hall–Kier alpha value is -3.32. The van der Waals surface area contributed by atoms with Crippen molar-refractivity contribution in [1.82, 2.24) is 14.8 Å². The summed E-state index contributed by atoms with van der Waals surface area (Å²) in [6.45, 7) is -1.62. The third kappa shape index (κ3) is 3.73. The minimum absolute atomic E-state index is 0.165. The lowest BCUT2D eigenvalue weighted by molar-refractivity contribution is -0.114. The maximum atomic E-state index is 13.1. The quantitative estimate of drug-likeness (QED) is 0.529. The summed E-state index contributed by atoms with van der Waals surface area (Å²) in [6, 6.07) is 9.11. The lowest BCUT2D eigenvalue weighted by Crippen LogP contribution is -2.36. The normalized spacial score (nSPS) is 20.8. The molecule has 3 unspecified atom stereocenters. The molecule has 2 heterocycles. The van der Waals surface area contributed by atoms with Crippen molar-refractivity contribution in [3.05, 3.63) is 52.4 Å². The van der Waals surface area contributed by atoms with Gasteiger partial charge < -0.3 is 15.4 Å². The summed E-state index contributed by atoms with van der Waals surface area (Å²) in [5.74, 6) is 0.0393. The van der Waals surface area contributed by atoms with Crippen LogP contribution in [0.2, 0.25) is 0 Å². The Kier molecular flexibility index (Phi) is 5.93. The lowest BCUT2D eigenvalue weighted by atomic mass is 9.85. The van der Waals surface area contributed by atoms with Crippen molar-refractivity contribution in [2.24, 2.45) is 5.92 Å². The molecule has 3 aromatic rings. The van der Waals surface area contributed by atoms with Crippen LogP contribution in [0.1, 0.15) is 37.3 Å². The molecule has 2 aromatic heterocycles. The minimum Gasteiger partial charge on any atom is -0.377 e. The summed E-state index contributed by atoms with van der Waals surface area (Å²) in [7, 11) is 0. The van der Waals surface area contributed by atoms with E-state index < -0.39 is 18.7 Å². The maximum Gasteiger partial charge on any atom is 0.273 e. The molecule has 0 aliphatic heterocycles. The van der Waals surface area contributed by atoms with Crippen LogP contribution in [0.3, 0.4) is 0 Å². The molecule has 1 aliphatic rings. The van der Waals surface area contributed by atoms with Gasteiger partial charge in [0.1, 0.15) is 12.1 Å². The summed E-state index contributed by atoms with van der Waals surface area (Å²) >= 11 is 0. The van der Waals surface area contributed by atoms with Crippen molar-refractivity contribution in [2.45, 2.75) is 43.8 Å². The number of nitriles is 1. The Labute approximate surface area is 181 Å². The number of aromatic nitrogens is 3. The van der Waals surface area contributed by atoms with Crippen molar-refractivity contribution >= 4 is 22.4 Å². The highest BCUT2D eigenvalue weighted by atomic mass is 19.3. The van der Waals surface area contributed by atoms with E-state index in [1.165, 1.54) is 30.5 Å². The van der Waals surface area contributed by atoms with Crippen molar-refractivity contribution in [1.29, 1.82) is 5.26 Å². The van der Waals surface area contributed by atoms with Crippen LogP contribution in [0.15, 0.2) is 41.3 Å². The second kappa shape index (κ2) is 8.67. The molecule has 10 heteroatoms. The number of benzene rings is 1. The van der Waals surface area contributed by atoms with Crippen LogP contribution in [0.4, 0.5) is 24.7 Å². The van der Waals surface area contributed by atoms with Crippen LogP contribution in [0.25, 0.3) is 10.9 Å². The SMILES string of the molecule is N#CC1CCCCC1n1nc(Nc2ccc(C(O)(CF)C(F)F)cc2)c2c(=O)[nH]ccc21. The van der Waals surface area contributed by atoms with Gasteiger partial charge in [-0.05, 0) is 36.6 Å². The molecule has 1 fully saturated rings. The van der Waals surface area contributed by atoms with Gasteiger partial charge in [-0.3, -0.25) is 9.48 Å². The number of fused-ring (bicyclic) bond motifs is 1. The molecule has 4 rings (SSSR count). The Morgan fingerprint density at radius 1 is 1.28 bits per heavy atom. The van der Waals surface area contributed by atoms with Crippen molar-refractivity contribution in [2.75, 3.05) is 12.0 Å². The van der Waals surface area contributed by atoms with Gasteiger partial charge in [0.25, 0.3) is 12.0 Å². The predicted octanol–water partition coefficient (Wildman–Crippen LogP) is 4.15. The Morgan fingerprint density at radius 2 is 2.00 bits per heavy atom. The van der Waals surface area contributed by atoms with Gasteiger partial charge in [-0.1, -0.05) is 25.0 Å². The van der Waals surface area contributed by atoms with E-state index in [9.17, 15) is 28.3 Å². The molecule has 32 heavy (non-hydrogen) atoms. The summed E-state index contributed by atoms with van der Waals surface area (Å²) < 4.78 is 41.0. The molecule has 1 aromatic carbocycles. The smallest absolute Gasteiger partial charge is 0.273 e. The van der Waals surface area contributed by atoms with E-state index in [0.717, 1.165) is 25.7 Å². The van der Waals surface area contributed by atoms with E-state index in [0.29, 0.717) is 16.6 Å². The fourth-order valence-corrected chi connectivity index (χ4v) is 4.23. The molecule has 0 amide bonds. The number of nitrogens with one attached hydrogen (secondary N) is 2. The molecule has 1 saturated carbocycles. The average molecular weight is 445 g/mol. The number of hydrogen-bond donors (Lipinski definition) is 3. The second-order valence-corrected chi connectivity index (χ2v) is 8.01. The molecule has 7 nitrogen and oxygen atoms in total. The van der Waals surface area contributed by atoms with Gasteiger partial charge in [0.15, 0.2) is 11.4 Å². The molecule has 3 atom stereocenters. The fraction of sp³-hybridized carbons (Fsp3) is 0.409. The van der Waals surface area contributed by atoms with Gasteiger partial charge >= 0.3 is 0 Å². The maximum absolute atomic E-state index is 13.1. The van der Waals surface area contributed by atoms with E-state index in [-0.39, 0.29) is 28.9 Å². The highest BCUT2D eigenvalue weighted by Gasteiger charge is 2.40. The van der Waals surface area contributed by atoms with Gasteiger partial charge in [-0.25, -0.2) is 13.2 Å². The zero-order chi connectivity index (χ0) is 22.9. The highest BCUT2D eigenvalue weighted by molar-refractivity contribution is 5.91. The first-order chi connectivity index (χ1) is 15.4. The number of nitrogens with zero attached hydrogens (tertiary/aromatic N) is 3. The predicted molar refractivity (Wildman–Crippen MR) is 113 cm³/mol. The third-order valence-electron chi connectivity index (χ3n) is 6.05. The lowest BCUT2D eigenvalue weighted by Gasteiger charge is -2.27. The molecule has 0 spiro atoms. The number of halogens is 3. The molecule has 0 bridgehead atoms. The molecule has 168 valence electrons. The van der Waals surface area contributed by atoms with Gasteiger partial charge in [0.05, 0.1) is 23.5 Å². The van der Waals surface area contributed by atoms with Crippen LogP contribution < -0.4 is 10.9 Å². The topological polar surface area (TPSA) is 107 Å². The number of pyridine rings is 1. The summed E-state index contributed by atoms with van der Waals surface area (Å²) in [5.41, 5.74) is -2.49. The van der Waals surface area contributed by atoms with Gasteiger partial charge in [-0.2, -0.15) is 10.4 Å². The van der Waals surface area contributed by atoms with Crippen molar-refractivity contribution in [3.8, 4) is 6.07 Å². The number of aliphatic hydroxyl groups is 1. The zero-order valence-electron chi connectivity index (χ0n) is 17.1. The van der Waals surface area contributed by atoms with E-state index in [2.05, 4.69) is 21.5 Å². The Balaban J connectivity index is 1.71. The highest BCUT2D eigenvalue weighted by Crippen LogP contribution is 2.37. The zero-order valence-corrected chi connectivity index (χ0v) is 17.1. The summed E-state index contributed by atoms with van der Waals surface area (Å²) in [4.78, 5) is 15.2. The third-order valence-corrected chi connectivity index (χ3v) is 6.05. The van der Waals surface area contributed by atoms with Crippen LogP contribution in [-0.4, -0.2) is 33.0 Å². The Morgan fingerprint density at radius 3 is 2.66 bits per heavy atom. The number of aromatic amines is 1. The molecular weight excluding hydrogens is 423 g/mol. The van der Waals surface area contributed by atoms with Gasteiger partial charge in [0.2, 0.25) is 0 Å². The first kappa shape index (κ1) is 21.9. The molecule has 0 radical (unpaired) electrons. The number of H-pyrrole nitrogens is 1. The van der Waals surface area contributed by atoms with Crippen LogP contribution >= 0.6 is 0 Å². The molecule has 0 saturated heterocycles. The van der Waals surface area contributed by atoms with Crippen LogP contribution in [-0.2, 0) is 5.60 Å². The monoisotopic (exact) mass is 445 g/mol. The molecule has 3 N–H and O–H groups in total. The Bertz CT molecular complexity index is 1200. The summed E-state index contributed by atoms with van der Waals surface area (Å²) in [6.07, 6.45) is 1.69. The standard InChI is InChI=1S/C22H22F3N5O2/c23-12-22(32,21(24)25)14-5-7-15(8-6-14)28-19-18-17(9-10-27-20(18)31)30(29-19)16-4-2-1-3-13(16)11-26/h5-10,13,16,21,32H,1-4,12H2,(H,27,31)(H,28,29). The first-order valence-electron chi connectivity index (χ1n) is 10.3. The number of alkyl halides is 3. The minimum atomic E-state index is -3.28. The van der Waals surface area contributed by atoms with Gasteiger partial charge in [-0.15, -0.1) is 0 Å². The fourth-order valence-electron chi connectivity index (χ4n) is 4.23. The average Bonchev–Trinajstić information content (AvgIpc) is 3.18. The van der Waals surface area contributed by atoms with Gasteiger partial charge in [0, 0.05) is 11.9 Å². The van der Waals surface area contributed by atoms with Crippen molar-refractivity contribution in [3.63, 3.8) is 0 Å². The van der Waals surface area contributed by atoms with Crippen LogP contribution in [0.5, 0.6) is 0 Å². The number of hydrogen-bond acceptors (Lipinski definition) is 5. The van der Waals surface area contributed by atoms with E-state index >= 15 is 0 Å².